The molecule has 0 heterocycles. The van der Waals surface area contributed by atoms with E-state index in [1.165, 1.54) is 11.8 Å². The van der Waals surface area contributed by atoms with Gasteiger partial charge in [0, 0.05) is 18.0 Å². The average Bonchev–Trinajstić information content (AvgIpc) is 2.55. The molecule has 1 aromatic rings. The van der Waals surface area contributed by atoms with Crippen molar-refractivity contribution < 1.29 is 9.53 Å². The van der Waals surface area contributed by atoms with Crippen molar-refractivity contribution in [1.29, 1.82) is 10.5 Å². The van der Waals surface area contributed by atoms with Gasteiger partial charge in [-0.15, -0.1) is 11.8 Å². The Bertz CT molecular complexity index is 542. The topological polar surface area (TPSA) is 77.1 Å². The first-order valence-electron chi connectivity index (χ1n) is 6.95. The van der Waals surface area contributed by atoms with E-state index < -0.39 is 0 Å². The molecule has 0 spiro atoms. The van der Waals surface area contributed by atoms with Crippen LogP contribution in [0.3, 0.4) is 0 Å². The van der Waals surface area contributed by atoms with Gasteiger partial charge in [-0.3, -0.25) is 4.79 Å². The molecule has 0 N–H and O–H groups in total. The van der Waals surface area contributed by atoms with Crippen LogP contribution in [0.5, 0.6) is 5.75 Å². The van der Waals surface area contributed by atoms with Gasteiger partial charge in [0.2, 0.25) is 5.91 Å². The number of thioether (sulfide) groups is 1. The summed E-state index contributed by atoms with van der Waals surface area (Å²) in [4.78, 5) is 15.0. The Kier molecular flexibility index (Phi) is 7.88. The monoisotopic (exact) mass is 317 g/mol. The summed E-state index contributed by atoms with van der Waals surface area (Å²) in [5.74, 6) is 0.722. The lowest BCUT2D eigenvalue weighted by atomic mass is 10.3. The number of methoxy groups -OCH3 is 1. The van der Waals surface area contributed by atoms with E-state index in [0.717, 1.165) is 10.6 Å². The van der Waals surface area contributed by atoms with Crippen molar-refractivity contribution >= 4 is 17.7 Å². The maximum atomic E-state index is 12.4. The maximum Gasteiger partial charge on any atom is 0.235 e. The van der Waals surface area contributed by atoms with Crippen LogP contribution >= 0.6 is 11.8 Å². The molecule has 1 atom stereocenters. The Balaban J connectivity index is 2.66. The van der Waals surface area contributed by atoms with Crippen molar-refractivity contribution in [3.05, 3.63) is 24.3 Å². The highest BCUT2D eigenvalue weighted by molar-refractivity contribution is 8.00. The van der Waals surface area contributed by atoms with E-state index in [1.807, 2.05) is 43.3 Å². The van der Waals surface area contributed by atoms with Gasteiger partial charge in [-0.25, -0.2) is 0 Å². The van der Waals surface area contributed by atoms with Crippen LogP contribution in [0.25, 0.3) is 0 Å². The highest BCUT2D eigenvalue weighted by atomic mass is 32.2. The van der Waals surface area contributed by atoms with Crippen LogP contribution in [-0.2, 0) is 4.79 Å². The number of nitriles is 2. The van der Waals surface area contributed by atoms with E-state index in [4.69, 9.17) is 15.3 Å². The van der Waals surface area contributed by atoms with E-state index in [-0.39, 0.29) is 24.0 Å². The number of benzene rings is 1. The van der Waals surface area contributed by atoms with Gasteiger partial charge in [0.25, 0.3) is 0 Å². The zero-order valence-corrected chi connectivity index (χ0v) is 13.6. The molecule has 0 aliphatic carbocycles. The maximum absolute atomic E-state index is 12.4. The van der Waals surface area contributed by atoms with Crippen LogP contribution < -0.4 is 4.74 Å². The molecule has 0 aliphatic rings. The van der Waals surface area contributed by atoms with Gasteiger partial charge in [-0.2, -0.15) is 10.5 Å². The third kappa shape index (κ3) is 5.67. The molecule has 0 bridgehead atoms. The number of hydrogen-bond donors (Lipinski definition) is 0. The van der Waals surface area contributed by atoms with Gasteiger partial charge in [0.1, 0.15) is 5.75 Å². The number of ether oxygens (including phenoxy) is 1. The molecule has 1 amide bonds. The number of nitrogens with zero attached hydrogens (tertiary/aromatic N) is 3. The van der Waals surface area contributed by atoms with Crippen LogP contribution in [0.1, 0.15) is 19.8 Å². The van der Waals surface area contributed by atoms with Gasteiger partial charge in [0.05, 0.1) is 37.3 Å². The zero-order valence-electron chi connectivity index (χ0n) is 12.8. The van der Waals surface area contributed by atoms with Crippen LogP contribution in [0, 0.1) is 22.7 Å². The van der Waals surface area contributed by atoms with Gasteiger partial charge in [-0.05, 0) is 31.2 Å². The standard InChI is InChI=1S/C16H19N3O2S/c1-13(22-15-7-5-14(21-2)6-8-15)16(20)19(11-3-9-17)12-4-10-18/h5-8,13H,3-4,11-12H2,1-2H3/t13-/m1/s1. The lowest BCUT2D eigenvalue weighted by molar-refractivity contribution is -0.130. The van der Waals surface area contributed by atoms with Crippen LogP contribution in [0.2, 0.25) is 0 Å². The minimum absolute atomic E-state index is 0.0497. The first kappa shape index (κ1) is 17.9. The Morgan fingerprint density at radius 3 is 2.23 bits per heavy atom. The molecule has 5 nitrogen and oxygen atoms in total. The smallest absolute Gasteiger partial charge is 0.235 e. The Morgan fingerprint density at radius 2 is 1.77 bits per heavy atom. The molecule has 22 heavy (non-hydrogen) atoms. The van der Waals surface area contributed by atoms with Crippen molar-refractivity contribution in [2.75, 3.05) is 20.2 Å². The summed E-state index contributed by atoms with van der Waals surface area (Å²) >= 11 is 1.45. The number of amides is 1. The zero-order chi connectivity index (χ0) is 16.4. The predicted molar refractivity (Wildman–Crippen MR) is 85.4 cm³/mol. The molecule has 0 radical (unpaired) electrons. The van der Waals surface area contributed by atoms with Gasteiger partial charge >= 0.3 is 0 Å². The molecule has 0 unspecified atom stereocenters. The molecule has 0 aromatic heterocycles. The highest BCUT2D eigenvalue weighted by Crippen LogP contribution is 2.26. The third-order valence-electron chi connectivity index (χ3n) is 3.02. The molecular formula is C16H19N3O2S. The molecule has 0 aliphatic heterocycles. The summed E-state index contributed by atoms with van der Waals surface area (Å²) in [6, 6.07) is 11.6. The molecule has 6 heteroatoms. The van der Waals surface area contributed by atoms with E-state index >= 15 is 0 Å². The fourth-order valence-corrected chi connectivity index (χ4v) is 2.82. The normalized spacial score (nSPS) is 11.1. The highest BCUT2D eigenvalue weighted by Gasteiger charge is 2.21. The minimum Gasteiger partial charge on any atom is -0.497 e. The van der Waals surface area contributed by atoms with Crippen molar-refractivity contribution in [2.45, 2.75) is 29.9 Å². The van der Waals surface area contributed by atoms with Crippen LogP contribution in [0.4, 0.5) is 0 Å². The number of rotatable bonds is 8. The second-order valence-corrected chi connectivity index (χ2v) is 5.99. The molecule has 1 aromatic carbocycles. The lowest BCUT2D eigenvalue weighted by Crippen LogP contribution is -2.37. The summed E-state index contributed by atoms with van der Waals surface area (Å²) < 4.78 is 5.10. The molecule has 0 saturated heterocycles. The predicted octanol–water partition coefficient (Wildman–Crippen LogP) is 2.83. The summed E-state index contributed by atoms with van der Waals surface area (Å²) in [7, 11) is 1.61. The van der Waals surface area contributed by atoms with E-state index in [0.29, 0.717) is 13.1 Å². The first-order chi connectivity index (χ1) is 10.6. The summed E-state index contributed by atoms with van der Waals surface area (Å²) in [6.07, 6.45) is 0.550. The van der Waals surface area contributed by atoms with Crippen LogP contribution in [-0.4, -0.2) is 36.3 Å². The van der Waals surface area contributed by atoms with Gasteiger partial charge in [-0.1, -0.05) is 0 Å². The molecule has 0 fully saturated rings. The molecule has 1 rings (SSSR count). The number of carbonyl (C=O) groups is 1. The van der Waals surface area contributed by atoms with Crippen molar-refractivity contribution in [3.63, 3.8) is 0 Å². The summed E-state index contributed by atoms with van der Waals surface area (Å²) in [5, 5.41) is 17.1. The van der Waals surface area contributed by atoms with Gasteiger partial charge < -0.3 is 9.64 Å². The SMILES string of the molecule is COc1ccc(S[C@H](C)C(=O)N(CCC#N)CCC#N)cc1. The van der Waals surface area contributed by atoms with Crippen molar-refractivity contribution in [2.24, 2.45) is 0 Å². The van der Waals surface area contributed by atoms with Gasteiger partial charge in [0.15, 0.2) is 0 Å². The second-order valence-electron chi connectivity index (χ2n) is 4.58. The fraction of sp³-hybridized carbons (Fsp3) is 0.438. The lowest BCUT2D eigenvalue weighted by Gasteiger charge is -2.23. The van der Waals surface area contributed by atoms with E-state index in [1.54, 1.807) is 12.0 Å². The third-order valence-corrected chi connectivity index (χ3v) is 4.12. The molecule has 116 valence electrons. The summed E-state index contributed by atoms with van der Waals surface area (Å²) in [5.41, 5.74) is 0. The average molecular weight is 317 g/mol. The van der Waals surface area contributed by atoms with Crippen molar-refractivity contribution in [3.8, 4) is 17.9 Å². The largest absolute Gasteiger partial charge is 0.497 e. The fourth-order valence-electron chi connectivity index (χ4n) is 1.87. The summed E-state index contributed by atoms with van der Waals surface area (Å²) in [6.45, 7) is 2.57. The number of hydrogen-bond acceptors (Lipinski definition) is 5. The Morgan fingerprint density at radius 1 is 1.23 bits per heavy atom. The second kappa shape index (κ2) is 9.70. The Labute approximate surface area is 135 Å². The van der Waals surface area contributed by atoms with E-state index in [9.17, 15) is 4.79 Å². The van der Waals surface area contributed by atoms with Crippen LogP contribution in [0.15, 0.2) is 29.2 Å². The number of carbonyl (C=O) groups excluding carboxylic acids is 1. The minimum atomic E-state index is -0.272. The molecule has 0 saturated carbocycles. The quantitative estimate of drug-likeness (QED) is 0.689. The Hall–Kier alpha value is -2.18. The molecular weight excluding hydrogens is 298 g/mol. The first-order valence-corrected chi connectivity index (χ1v) is 7.83. The van der Waals surface area contributed by atoms with Crippen molar-refractivity contribution in [1.82, 2.24) is 4.90 Å². The van der Waals surface area contributed by atoms with E-state index in [2.05, 4.69) is 0 Å².